The Bertz CT molecular complexity index is 863. The fraction of sp³-hybridized carbons (Fsp3) is 0.600. The van der Waals surface area contributed by atoms with Crippen LogP contribution in [0.2, 0.25) is 0 Å². The summed E-state index contributed by atoms with van der Waals surface area (Å²) in [6, 6.07) is 4.06. The van der Waals surface area contributed by atoms with Gasteiger partial charge in [0.15, 0.2) is 0 Å². The minimum absolute atomic E-state index is 0.128. The summed E-state index contributed by atoms with van der Waals surface area (Å²) in [6.07, 6.45) is 3.12. The number of carbonyl (C=O) groups excluding carboxylic acids is 1. The molecule has 1 heterocycles. The molecule has 1 amide bonds. The summed E-state index contributed by atoms with van der Waals surface area (Å²) in [6.45, 7) is 0. The van der Waals surface area contributed by atoms with Crippen LogP contribution >= 0.6 is 0 Å². The van der Waals surface area contributed by atoms with Crippen LogP contribution in [0.4, 0.5) is 19.0 Å². The molecule has 5 rings (SSSR count). The standard InChI is InChI=1S/C18H23N3O3.C2HF3O2/c1-21(13-4-2-3-5-13)14-8-12(6-7-19-14)15(22)20-18-9-17(10-18,11-18)16(23)24;3-2(4,5)1(6)7/h6-8,13H,2-5,9-11H2,1H3,(H,20,22)(H,23,24);(H,6,7). The molecule has 4 aliphatic rings. The molecule has 0 unspecified atom stereocenters. The highest BCUT2D eigenvalue weighted by Gasteiger charge is 2.72. The second-order valence-corrected chi connectivity index (χ2v) is 8.61. The van der Waals surface area contributed by atoms with Gasteiger partial charge in [-0.1, -0.05) is 12.8 Å². The third-order valence-corrected chi connectivity index (χ3v) is 6.35. The average molecular weight is 443 g/mol. The molecule has 2 bridgehead atoms. The van der Waals surface area contributed by atoms with E-state index in [2.05, 4.69) is 15.2 Å². The highest BCUT2D eigenvalue weighted by Crippen LogP contribution is 2.67. The van der Waals surface area contributed by atoms with E-state index >= 15 is 0 Å². The number of carbonyl (C=O) groups is 3. The van der Waals surface area contributed by atoms with Gasteiger partial charge in [0.25, 0.3) is 5.91 Å². The fourth-order valence-corrected chi connectivity index (χ4v) is 4.69. The number of nitrogens with one attached hydrogen (secondary N) is 1. The van der Waals surface area contributed by atoms with Gasteiger partial charge in [0.2, 0.25) is 0 Å². The highest BCUT2D eigenvalue weighted by molar-refractivity contribution is 5.96. The summed E-state index contributed by atoms with van der Waals surface area (Å²) < 4.78 is 31.7. The number of hydrogen-bond acceptors (Lipinski definition) is 5. The van der Waals surface area contributed by atoms with E-state index in [1.54, 1.807) is 12.3 Å². The lowest BCUT2D eigenvalue weighted by Gasteiger charge is -2.67. The van der Waals surface area contributed by atoms with Crippen LogP contribution in [0.25, 0.3) is 0 Å². The zero-order chi connectivity index (χ0) is 23.0. The minimum Gasteiger partial charge on any atom is -0.481 e. The number of halogens is 3. The maximum atomic E-state index is 12.5. The second-order valence-electron chi connectivity index (χ2n) is 8.61. The normalized spacial score (nSPS) is 26.6. The van der Waals surface area contributed by atoms with Gasteiger partial charge in [-0.2, -0.15) is 13.2 Å². The minimum atomic E-state index is -5.08. The predicted molar refractivity (Wildman–Crippen MR) is 103 cm³/mol. The van der Waals surface area contributed by atoms with Gasteiger partial charge in [-0.3, -0.25) is 9.59 Å². The highest BCUT2D eigenvalue weighted by atomic mass is 19.4. The molecule has 0 atom stereocenters. The summed E-state index contributed by atoms with van der Waals surface area (Å²) in [5.41, 5.74) is -0.269. The lowest BCUT2D eigenvalue weighted by atomic mass is 9.39. The van der Waals surface area contributed by atoms with E-state index in [0.717, 1.165) is 5.82 Å². The maximum absolute atomic E-state index is 12.5. The van der Waals surface area contributed by atoms with E-state index in [9.17, 15) is 27.9 Å². The van der Waals surface area contributed by atoms with Gasteiger partial charge in [-0.05, 0) is 44.2 Å². The van der Waals surface area contributed by atoms with E-state index in [0.29, 0.717) is 30.9 Å². The zero-order valence-electron chi connectivity index (χ0n) is 16.9. The van der Waals surface area contributed by atoms with Crippen molar-refractivity contribution in [2.45, 2.75) is 62.7 Å². The van der Waals surface area contributed by atoms with Gasteiger partial charge < -0.3 is 20.4 Å². The monoisotopic (exact) mass is 443 g/mol. The fourth-order valence-electron chi connectivity index (χ4n) is 4.69. The number of rotatable bonds is 5. The van der Waals surface area contributed by atoms with E-state index in [1.807, 2.05) is 13.1 Å². The molecule has 11 heteroatoms. The number of alkyl halides is 3. The molecule has 0 saturated heterocycles. The number of nitrogens with zero attached hydrogens (tertiary/aromatic N) is 2. The van der Waals surface area contributed by atoms with Crippen LogP contribution in [-0.2, 0) is 9.59 Å². The SMILES string of the molecule is CN(c1cc(C(=O)NC23CC(C(=O)O)(C2)C3)ccn1)C1CCCC1.O=C(O)C(F)(F)F. The summed E-state index contributed by atoms with van der Waals surface area (Å²) in [5, 5.41) is 19.3. The second kappa shape index (κ2) is 8.01. The molecule has 31 heavy (non-hydrogen) atoms. The van der Waals surface area contributed by atoms with Crippen LogP contribution in [0.3, 0.4) is 0 Å². The molecule has 1 aromatic rings. The van der Waals surface area contributed by atoms with Gasteiger partial charge in [-0.25, -0.2) is 9.78 Å². The van der Waals surface area contributed by atoms with Crippen molar-refractivity contribution in [2.75, 3.05) is 11.9 Å². The van der Waals surface area contributed by atoms with E-state index in [-0.39, 0.29) is 11.4 Å². The van der Waals surface area contributed by atoms with Gasteiger partial charge in [-0.15, -0.1) is 0 Å². The van der Waals surface area contributed by atoms with Crippen molar-refractivity contribution >= 4 is 23.7 Å². The lowest BCUT2D eigenvalue weighted by Crippen LogP contribution is -2.77. The first-order valence-electron chi connectivity index (χ1n) is 9.92. The molecule has 1 aromatic heterocycles. The Morgan fingerprint density at radius 2 is 1.71 bits per heavy atom. The Labute approximate surface area is 176 Å². The van der Waals surface area contributed by atoms with E-state index < -0.39 is 23.5 Å². The van der Waals surface area contributed by atoms with Crippen molar-refractivity contribution in [3.8, 4) is 0 Å². The molecule has 3 N–H and O–H groups in total. The average Bonchev–Trinajstić information content (AvgIpc) is 3.16. The quantitative estimate of drug-likeness (QED) is 0.640. The molecule has 4 fully saturated rings. The summed E-state index contributed by atoms with van der Waals surface area (Å²) >= 11 is 0. The molecular formula is C20H24F3N3O5. The summed E-state index contributed by atoms with van der Waals surface area (Å²) in [7, 11) is 2.04. The van der Waals surface area contributed by atoms with Crippen molar-refractivity contribution in [1.29, 1.82) is 0 Å². The number of aromatic nitrogens is 1. The Morgan fingerprint density at radius 3 is 2.19 bits per heavy atom. The summed E-state index contributed by atoms with van der Waals surface area (Å²) in [4.78, 5) is 39.2. The smallest absolute Gasteiger partial charge is 0.481 e. The molecule has 170 valence electrons. The van der Waals surface area contributed by atoms with Crippen molar-refractivity contribution in [3.63, 3.8) is 0 Å². The Kier molecular flexibility index (Phi) is 5.90. The number of amides is 1. The maximum Gasteiger partial charge on any atom is 0.490 e. The molecule has 0 spiro atoms. The first-order valence-corrected chi connectivity index (χ1v) is 9.92. The zero-order valence-corrected chi connectivity index (χ0v) is 16.9. The molecule has 4 aliphatic carbocycles. The molecule has 8 nitrogen and oxygen atoms in total. The third-order valence-electron chi connectivity index (χ3n) is 6.35. The lowest BCUT2D eigenvalue weighted by molar-refractivity contribution is -0.196. The molecule has 4 saturated carbocycles. The largest absolute Gasteiger partial charge is 0.490 e. The Morgan fingerprint density at radius 1 is 1.16 bits per heavy atom. The van der Waals surface area contributed by atoms with E-state index in [4.69, 9.17) is 9.90 Å². The Balaban J connectivity index is 0.000000339. The number of pyridine rings is 1. The van der Waals surface area contributed by atoms with Crippen LogP contribution in [-0.4, -0.2) is 57.8 Å². The number of anilines is 1. The van der Waals surface area contributed by atoms with Crippen molar-refractivity contribution in [3.05, 3.63) is 23.9 Å². The van der Waals surface area contributed by atoms with Gasteiger partial charge in [0, 0.05) is 30.4 Å². The number of carboxylic acids is 2. The number of aliphatic carboxylic acids is 2. The van der Waals surface area contributed by atoms with E-state index in [1.165, 1.54) is 25.7 Å². The third kappa shape index (κ3) is 4.59. The van der Waals surface area contributed by atoms with Crippen LogP contribution in [0.5, 0.6) is 0 Å². The van der Waals surface area contributed by atoms with Crippen molar-refractivity contribution in [1.82, 2.24) is 10.3 Å². The van der Waals surface area contributed by atoms with Crippen LogP contribution in [0, 0.1) is 5.41 Å². The topological polar surface area (TPSA) is 120 Å². The van der Waals surface area contributed by atoms with Crippen molar-refractivity contribution < 1.29 is 37.8 Å². The molecule has 0 aliphatic heterocycles. The van der Waals surface area contributed by atoms with Crippen molar-refractivity contribution in [2.24, 2.45) is 5.41 Å². The first-order chi connectivity index (χ1) is 14.4. The van der Waals surface area contributed by atoms with Gasteiger partial charge in [0.05, 0.1) is 5.41 Å². The number of hydrogen-bond donors (Lipinski definition) is 3. The molecule has 0 aromatic carbocycles. The van der Waals surface area contributed by atoms with Crippen LogP contribution in [0.15, 0.2) is 18.3 Å². The first kappa shape index (κ1) is 22.8. The van der Waals surface area contributed by atoms with Gasteiger partial charge >= 0.3 is 18.1 Å². The molecular weight excluding hydrogens is 419 g/mol. The predicted octanol–water partition coefficient (Wildman–Crippen LogP) is 2.83. The van der Waals surface area contributed by atoms with Crippen LogP contribution < -0.4 is 10.2 Å². The molecule has 0 radical (unpaired) electrons. The summed E-state index contributed by atoms with van der Waals surface area (Å²) in [5.74, 6) is -2.79. The number of carboxylic acid groups (broad SMARTS) is 2. The Hall–Kier alpha value is -2.85. The van der Waals surface area contributed by atoms with Gasteiger partial charge in [0.1, 0.15) is 5.82 Å². The van der Waals surface area contributed by atoms with Crippen LogP contribution in [0.1, 0.15) is 55.3 Å².